The number of rotatable bonds is 3. The van der Waals surface area contributed by atoms with E-state index in [4.69, 9.17) is 10.5 Å². The van der Waals surface area contributed by atoms with Gasteiger partial charge < -0.3 is 15.0 Å². The van der Waals surface area contributed by atoms with E-state index in [2.05, 4.69) is 32.7 Å². The van der Waals surface area contributed by atoms with Crippen molar-refractivity contribution in [1.82, 2.24) is 9.55 Å². The van der Waals surface area contributed by atoms with E-state index in [0.717, 1.165) is 12.2 Å². The van der Waals surface area contributed by atoms with Gasteiger partial charge in [0.2, 0.25) is 0 Å². The van der Waals surface area contributed by atoms with E-state index in [0.29, 0.717) is 5.82 Å². The number of nitrogen functional groups attached to an aromatic ring is 1. The van der Waals surface area contributed by atoms with Crippen molar-refractivity contribution < 1.29 is 9.53 Å². The van der Waals surface area contributed by atoms with Gasteiger partial charge in [0.15, 0.2) is 5.69 Å². The molecule has 0 bridgehead atoms. The first-order valence-electron chi connectivity index (χ1n) is 6.65. The molecule has 0 atom stereocenters. The highest BCUT2D eigenvalue weighted by Crippen LogP contribution is 2.72. The van der Waals surface area contributed by atoms with Gasteiger partial charge in [-0.25, -0.2) is 9.78 Å². The predicted molar refractivity (Wildman–Crippen MR) is 74.0 cm³/mol. The Balaban J connectivity index is 2.53. The van der Waals surface area contributed by atoms with Gasteiger partial charge in [-0.05, 0) is 10.8 Å². The van der Waals surface area contributed by atoms with Gasteiger partial charge in [0.05, 0.1) is 7.11 Å². The number of carbonyl (C=O) groups is 1. The molecule has 0 aliphatic heterocycles. The molecule has 1 aromatic heterocycles. The zero-order valence-corrected chi connectivity index (χ0v) is 12.6. The van der Waals surface area contributed by atoms with E-state index in [1.54, 1.807) is 0 Å². The molecule has 106 valence electrons. The maximum Gasteiger partial charge on any atom is 0.360 e. The largest absolute Gasteiger partial charge is 0.464 e. The van der Waals surface area contributed by atoms with Crippen LogP contribution < -0.4 is 5.73 Å². The molecule has 1 saturated carbocycles. The van der Waals surface area contributed by atoms with E-state index < -0.39 is 5.97 Å². The van der Waals surface area contributed by atoms with Gasteiger partial charge >= 0.3 is 5.97 Å². The number of ether oxygens (including phenoxy) is 1. The van der Waals surface area contributed by atoms with E-state index in [1.807, 2.05) is 11.5 Å². The molecule has 5 heteroatoms. The number of hydrogen-bond donors (Lipinski definition) is 1. The molecule has 2 N–H and O–H groups in total. The van der Waals surface area contributed by atoms with Crippen molar-refractivity contribution in [2.24, 2.45) is 10.8 Å². The summed E-state index contributed by atoms with van der Waals surface area (Å²) in [7, 11) is 1.34. The lowest BCUT2D eigenvalue weighted by atomic mass is 10.0. The van der Waals surface area contributed by atoms with Crippen molar-refractivity contribution in [3.63, 3.8) is 0 Å². The topological polar surface area (TPSA) is 70.1 Å². The molecule has 1 heterocycles. The van der Waals surface area contributed by atoms with Crippen molar-refractivity contribution in [3.05, 3.63) is 11.5 Å². The molecule has 0 amide bonds. The lowest BCUT2D eigenvalue weighted by Crippen LogP contribution is -2.11. The Morgan fingerprint density at radius 2 is 1.89 bits per heavy atom. The Morgan fingerprint density at radius 3 is 2.26 bits per heavy atom. The second kappa shape index (κ2) is 3.99. The highest BCUT2D eigenvalue weighted by atomic mass is 16.5. The summed E-state index contributed by atoms with van der Waals surface area (Å²) in [4.78, 5) is 16.1. The maximum atomic E-state index is 11.7. The summed E-state index contributed by atoms with van der Waals surface area (Å²) >= 11 is 0. The van der Waals surface area contributed by atoms with Crippen LogP contribution in [-0.4, -0.2) is 22.6 Å². The zero-order chi connectivity index (χ0) is 14.6. The molecule has 1 aliphatic carbocycles. The molecule has 0 spiro atoms. The monoisotopic (exact) mass is 265 g/mol. The van der Waals surface area contributed by atoms with Gasteiger partial charge in [-0.3, -0.25) is 0 Å². The molecule has 1 aromatic rings. The molecular weight excluding hydrogens is 242 g/mol. The van der Waals surface area contributed by atoms with Gasteiger partial charge in [0, 0.05) is 12.5 Å². The number of esters is 1. The minimum absolute atomic E-state index is 0.138. The molecule has 0 radical (unpaired) electrons. The quantitative estimate of drug-likeness (QED) is 0.852. The first-order valence-corrected chi connectivity index (χ1v) is 6.65. The van der Waals surface area contributed by atoms with Crippen LogP contribution in [0.3, 0.4) is 0 Å². The predicted octanol–water partition coefficient (Wildman–Crippen LogP) is 2.42. The van der Waals surface area contributed by atoms with Gasteiger partial charge in [-0.1, -0.05) is 34.6 Å². The fourth-order valence-electron chi connectivity index (χ4n) is 3.08. The van der Waals surface area contributed by atoms with Crippen LogP contribution in [0.5, 0.6) is 0 Å². The summed E-state index contributed by atoms with van der Waals surface area (Å²) in [5.41, 5.74) is 6.65. The fourth-order valence-corrected chi connectivity index (χ4v) is 3.08. The minimum atomic E-state index is -0.470. The van der Waals surface area contributed by atoms with E-state index in [-0.39, 0.29) is 22.6 Å². The molecule has 2 rings (SSSR count). The Bertz CT molecular complexity index is 515. The average molecular weight is 265 g/mol. The van der Waals surface area contributed by atoms with Crippen LogP contribution >= 0.6 is 0 Å². The van der Waals surface area contributed by atoms with Crippen molar-refractivity contribution >= 4 is 11.8 Å². The highest BCUT2D eigenvalue weighted by Gasteiger charge is 2.66. The van der Waals surface area contributed by atoms with Crippen molar-refractivity contribution in [2.45, 2.75) is 47.1 Å². The fraction of sp³-hybridized carbons (Fsp3) is 0.714. The van der Waals surface area contributed by atoms with Crippen molar-refractivity contribution in [3.8, 4) is 0 Å². The summed E-state index contributed by atoms with van der Waals surface area (Å²) in [5.74, 6) is 0.802. The zero-order valence-electron chi connectivity index (χ0n) is 12.6. The van der Waals surface area contributed by atoms with E-state index >= 15 is 0 Å². The summed E-state index contributed by atoms with van der Waals surface area (Å²) in [5, 5.41) is 0. The molecule has 19 heavy (non-hydrogen) atoms. The Labute approximate surface area is 114 Å². The first kappa shape index (κ1) is 13.9. The van der Waals surface area contributed by atoms with Crippen molar-refractivity contribution in [2.75, 3.05) is 12.8 Å². The van der Waals surface area contributed by atoms with Crippen LogP contribution in [0.4, 0.5) is 5.82 Å². The number of methoxy groups -OCH3 is 1. The summed E-state index contributed by atoms with van der Waals surface area (Å²) in [6, 6.07) is 0.265. The standard InChI is InChI=1S/C14H23N3O2/c1-7-8-16-9(11(18)19-6)10(15)17(8)12-13(2,3)14(12,4)5/h12H,7,15H2,1-6H3. The third-order valence-corrected chi connectivity index (χ3v) is 4.92. The molecule has 1 fully saturated rings. The maximum absolute atomic E-state index is 11.7. The lowest BCUT2D eigenvalue weighted by Gasteiger charge is -2.11. The third-order valence-electron chi connectivity index (χ3n) is 4.92. The van der Waals surface area contributed by atoms with Gasteiger partial charge in [0.1, 0.15) is 11.6 Å². The van der Waals surface area contributed by atoms with Gasteiger partial charge in [0.25, 0.3) is 0 Å². The Hall–Kier alpha value is -1.52. The lowest BCUT2D eigenvalue weighted by molar-refractivity contribution is 0.0595. The van der Waals surface area contributed by atoms with Crippen LogP contribution in [0.2, 0.25) is 0 Å². The van der Waals surface area contributed by atoms with Crippen LogP contribution in [0.15, 0.2) is 0 Å². The minimum Gasteiger partial charge on any atom is -0.464 e. The molecule has 0 aromatic carbocycles. The number of nitrogens with zero attached hydrogens (tertiary/aromatic N) is 2. The number of imidazole rings is 1. The van der Waals surface area contributed by atoms with E-state index in [9.17, 15) is 4.79 Å². The number of hydrogen-bond acceptors (Lipinski definition) is 4. The molecule has 1 aliphatic rings. The average Bonchev–Trinajstić information content (AvgIpc) is 2.61. The van der Waals surface area contributed by atoms with Crippen LogP contribution in [0.1, 0.15) is 57.0 Å². The Morgan fingerprint density at radius 1 is 1.37 bits per heavy atom. The summed E-state index contributed by atoms with van der Waals surface area (Å²) in [6.45, 7) is 10.9. The summed E-state index contributed by atoms with van der Waals surface area (Å²) < 4.78 is 6.76. The van der Waals surface area contributed by atoms with Crippen LogP contribution in [0, 0.1) is 10.8 Å². The smallest absolute Gasteiger partial charge is 0.360 e. The molecule has 5 nitrogen and oxygen atoms in total. The number of aryl methyl sites for hydroxylation is 1. The second-order valence-corrected chi connectivity index (χ2v) is 6.32. The van der Waals surface area contributed by atoms with E-state index in [1.165, 1.54) is 7.11 Å². The summed E-state index contributed by atoms with van der Waals surface area (Å²) in [6.07, 6.45) is 0.740. The Kier molecular flexibility index (Phi) is 2.92. The van der Waals surface area contributed by atoms with Crippen LogP contribution in [0.25, 0.3) is 0 Å². The number of nitrogens with two attached hydrogens (primary N) is 1. The number of aromatic nitrogens is 2. The van der Waals surface area contributed by atoms with Gasteiger partial charge in [-0.15, -0.1) is 0 Å². The second-order valence-electron chi connectivity index (χ2n) is 6.32. The first-order chi connectivity index (χ1) is 8.70. The number of anilines is 1. The van der Waals surface area contributed by atoms with Crippen LogP contribution in [-0.2, 0) is 11.2 Å². The van der Waals surface area contributed by atoms with Gasteiger partial charge in [-0.2, -0.15) is 0 Å². The molecule has 0 saturated heterocycles. The SMILES string of the molecule is CCc1nc(C(=O)OC)c(N)n1C1C(C)(C)C1(C)C. The highest BCUT2D eigenvalue weighted by molar-refractivity contribution is 5.92. The number of carbonyl (C=O) groups excluding carboxylic acids is 1. The normalized spacial score (nSPS) is 20.3. The van der Waals surface area contributed by atoms with Crippen molar-refractivity contribution in [1.29, 1.82) is 0 Å². The molecule has 0 unspecified atom stereocenters. The third kappa shape index (κ3) is 1.67. The molecular formula is C14H23N3O2.